The van der Waals surface area contributed by atoms with Crippen molar-refractivity contribution in [1.82, 2.24) is 20.4 Å². The van der Waals surface area contributed by atoms with Crippen LogP contribution in [-0.4, -0.2) is 41.9 Å². The maximum atomic E-state index is 12.6. The molecule has 2 aromatic rings. The lowest BCUT2D eigenvalue weighted by molar-refractivity contribution is -0.124. The number of amides is 1. The highest BCUT2D eigenvalue weighted by atomic mass is 35.5. The zero-order valence-corrected chi connectivity index (χ0v) is 17.0. The normalized spacial score (nSPS) is 19.0. The number of aryl methyl sites for hydroxylation is 1. The number of para-hydroxylation sites is 1. The fourth-order valence-corrected chi connectivity index (χ4v) is 3.49. The Hall–Kier alpha value is -2.05. The zero-order valence-electron chi connectivity index (χ0n) is 16.1. The quantitative estimate of drug-likeness (QED) is 0.710. The van der Waals surface area contributed by atoms with E-state index in [1.807, 2.05) is 37.6 Å². The van der Waals surface area contributed by atoms with Crippen molar-refractivity contribution in [2.45, 2.75) is 25.7 Å². The predicted molar refractivity (Wildman–Crippen MR) is 109 cm³/mol. The average Bonchev–Trinajstić information content (AvgIpc) is 3.27. The van der Waals surface area contributed by atoms with Gasteiger partial charge in [-0.3, -0.25) is 9.48 Å². The molecule has 2 atom stereocenters. The SMILES string of the molecule is CC(C)c1ccccc1OCCNC(=O)[C@H]1CNC[C@@H]1c1cnn(C)c1.Cl. The Kier molecular flexibility index (Phi) is 7.68. The van der Waals surface area contributed by atoms with Crippen LogP contribution in [0.1, 0.15) is 36.8 Å². The molecule has 6 nitrogen and oxygen atoms in total. The Balaban J connectivity index is 0.00000261. The van der Waals surface area contributed by atoms with Gasteiger partial charge < -0.3 is 15.4 Å². The van der Waals surface area contributed by atoms with Crippen LogP contribution in [0.15, 0.2) is 36.7 Å². The number of aromatic nitrogens is 2. The van der Waals surface area contributed by atoms with Crippen molar-refractivity contribution in [3.63, 3.8) is 0 Å². The van der Waals surface area contributed by atoms with Crippen LogP contribution >= 0.6 is 12.4 Å². The summed E-state index contributed by atoms with van der Waals surface area (Å²) in [6.07, 6.45) is 3.84. The Bertz CT molecular complexity index is 747. The molecule has 0 aliphatic carbocycles. The molecule has 27 heavy (non-hydrogen) atoms. The fraction of sp³-hybridized carbons (Fsp3) is 0.500. The molecule has 2 heterocycles. The Labute approximate surface area is 167 Å². The van der Waals surface area contributed by atoms with Crippen LogP contribution in [0, 0.1) is 5.92 Å². The summed E-state index contributed by atoms with van der Waals surface area (Å²) in [6.45, 7) is 6.77. The molecule has 0 saturated carbocycles. The summed E-state index contributed by atoms with van der Waals surface area (Å²) in [4.78, 5) is 12.6. The summed E-state index contributed by atoms with van der Waals surface area (Å²) in [5, 5.41) is 10.6. The number of benzene rings is 1. The molecule has 7 heteroatoms. The fourth-order valence-electron chi connectivity index (χ4n) is 3.49. The highest BCUT2D eigenvalue weighted by molar-refractivity contribution is 5.85. The third kappa shape index (κ3) is 5.23. The largest absolute Gasteiger partial charge is 0.491 e. The average molecular weight is 393 g/mol. The van der Waals surface area contributed by atoms with Crippen molar-refractivity contribution in [2.75, 3.05) is 26.2 Å². The van der Waals surface area contributed by atoms with Crippen molar-refractivity contribution in [1.29, 1.82) is 0 Å². The Morgan fingerprint density at radius 3 is 2.85 bits per heavy atom. The summed E-state index contributed by atoms with van der Waals surface area (Å²) in [5.74, 6) is 1.48. The van der Waals surface area contributed by atoms with Crippen molar-refractivity contribution >= 4 is 18.3 Å². The lowest BCUT2D eigenvalue weighted by Gasteiger charge is -2.18. The van der Waals surface area contributed by atoms with Gasteiger partial charge in [-0.25, -0.2) is 0 Å². The van der Waals surface area contributed by atoms with E-state index in [1.54, 1.807) is 4.68 Å². The number of nitrogens with zero attached hydrogens (tertiary/aromatic N) is 2. The molecule has 148 valence electrons. The van der Waals surface area contributed by atoms with Gasteiger partial charge in [0, 0.05) is 32.3 Å². The van der Waals surface area contributed by atoms with E-state index in [0.29, 0.717) is 25.6 Å². The van der Waals surface area contributed by atoms with E-state index in [-0.39, 0.29) is 30.2 Å². The van der Waals surface area contributed by atoms with Gasteiger partial charge in [0.15, 0.2) is 0 Å². The van der Waals surface area contributed by atoms with Gasteiger partial charge in [-0.05, 0) is 23.1 Å². The van der Waals surface area contributed by atoms with Crippen LogP contribution in [0.3, 0.4) is 0 Å². The molecule has 2 N–H and O–H groups in total. The summed E-state index contributed by atoms with van der Waals surface area (Å²) in [5.41, 5.74) is 2.30. The van der Waals surface area contributed by atoms with Crippen LogP contribution in [0.4, 0.5) is 0 Å². The van der Waals surface area contributed by atoms with Gasteiger partial charge in [-0.1, -0.05) is 32.0 Å². The number of hydrogen-bond donors (Lipinski definition) is 2. The first-order valence-corrected chi connectivity index (χ1v) is 9.25. The molecule has 0 unspecified atom stereocenters. The van der Waals surface area contributed by atoms with Gasteiger partial charge in [0.05, 0.1) is 18.7 Å². The lowest BCUT2D eigenvalue weighted by atomic mass is 9.90. The molecule has 0 bridgehead atoms. The number of carbonyl (C=O) groups excluding carboxylic acids is 1. The maximum absolute atomic E-state index is 12.6. The first kappa shape index (κ1) is 21.3. The predicted octanol–water partition coefficient (Wildman–Crippen LogP) is 2.46. The second-order valence-electron chi connectivity index (χ2n) is 7.15. The second kappa shape index (κ2) is 9.76. The molecular formula is C20H29ClN4O2. The topological polar surface area (TPSA) is 68.2 Å². The van der Waals surface area contributed by atoms with Crippen LogP contribution in [0.2, 0.25) is 0 Å². The third-order valence-corrected chi connectivity index (χ3v) is 4.90. The summed E-state index contributed by atoms with van der Waals surface area (Å²) >= 11 is 0. The molecule has 1 aromatic heterocycles. The van der Waals surface area contributed by atoms with Gasteiger partial charge in [-0.15, -0.1) is 12.4 Å². The van der Waals surface area contributed by atoms with Crippen molar-refractivity contribution in [2.24, 2.45) is 13.0 Å². The van der Waals surface area contributed by atoms with Gasteiger partial charge in [0.2, 0.25) is 5.91 Å². The Morgan fingerprint density at radius 2 is 2.15 bits per heavy atom. The number of halogens is 1. The van der Waals surface area contributed by atoms with E-state index in [9.17, 15) is 4.79 Å². The number of carbonyl (C=O) groups is 1. The van der Waals surface area contributed by atoms with E-state index < -0.39 is 0 Å². The van der Waals surface area contributed by atoms with Crippen LogP contribution < -0.4 is 15.4 Å². The van der Waals surface area contributed by atoms with Crippen LogP contribution in [0.25, 0.3) is 0 Å². The summed E-state index contributed by atoms with van der Waals surface area (Å²) in [7, 11) is 1.90. The number of nitrogens with one attached hydrogen (secondary N) is 2. The molecule has 1 saturated heterocycles. The molecule has 1 fully saturated rings. The molecule has 3 rings (SSSR count). The van der Waals surface area contributed by atoms with Crippen LogP contribution in [0.5, 0.6) is 5.75 Å². The van der Waals surface area contributed by atoms with Gasteiger partial charge >= 0.3 is 0 Å². The molecule has 1 aliphatic heterocycles. The number of rotatable bonds is 7. The standard InChI is InChI=1S/C20H28N4O2.ClH/c1-14(2)16-6-4-5-7-19(16)26-9-8-22-20(25)18-12-21-11-17(18)15-10-23-24(3)13-15;/h4-7,10,13-14,17-18,21H,8-9,11-12H2,1-3H3,(H,22,25);1H/t17-,18+;/m1./s1. The zero-order chi connectivity index (χ0) is 18.5. The lowest BCUT2D eigenvalue weighted by Crippen LogP contribution is -2.36. The first-order valence-electron chi connectivity index (χ1n) is 9.25. The minimum Gasteiger partial charge on any atom is -0.491 e. The first-order chi connectivity index (χ1) is 12.6. The van der Waals surface area contributed by atoms with E-state index in [1.165, 1.54) is 5.56 Å². The van der Waals surface area contributed by atoms with Crippen molar-refractivity contribution < 1.29 is 9.53 Å². The van der Waals surface area contributed by atoms with Gasteiger partial charge in [0.25, 0.3) is 0 Å². The monoisotopic (exact) mass is 392 g/mol. The van der Waals surface area contributed by atoms with Crippen LogP contribution in [-0.2, 0) is 11.8 Å². The number of hydrogen-bond acceptors (Lipinski definition) is 4. The highest BCUT2D eigenvalue weighted by Crippen LogP contribution is 2.28. The molecule has 1 amide bonds. The number of ether oxygens (including phenoxy) is 1. The van der Waals surface area contributed by atoms with E-state index in [4.69, 9.17) is 4.74 Å². The maximum Gasteiger partial charge on any atom is 0.225 e. The Morgan fingerprint density at radius 1 is 1.37 bits per heavy atom. The molecule has 1 aliphatic rings. The van der Waals surface area contributed by atoms with Gasteiger partial charge in [0.1, 0.15) is 12.4 Å². The van der Waals surface area contributed by atoms with Crippen molar-refractivity contribution in [3.05, 3.63) is 47.8 Å². The van der Waals surface area contributed by atoms with E-state index in [2.05, 4.69) is 35.6 Å². The van der Waals surface area contributed by atoms with Gasteiger partial charge in [-0.2, -0.15) is 5.10 Å². The smallest absolute Gasteiger partial charge is 0.225 e. The molecule has 0 spiro atoms. The molecule has 0 radical (unpaired) electrons. The van der Waals surface area contributed by atoms with E-state index in [0.717, 1.165) is 17.9 Å². The second-order valence-corrected chi connectivity index (χ2v) is 7.15. The molecule has 1 aromatic carbocycles. The molecular weight excluding hydrogens is 364 g/mol. The minimum absolute atomic E-state index is 0. The minimum atomic E-state index is -0.0675. The summed E-state index contributed by atoms with van der Waals surface area (Å²) < 4.78 is 7.66. The highest BCUT2D eigenvalue weighted by Gasteiger charge is 2.34. The third-order valence-electron chi connectivity index (χ3n) is 4.90. The summed E-state index contributed by atoms with van der Waals surface area (Å²) in [6, 6.07) is 8.07. The van der Waals surface area contributed by atoms with E-state index >= 15 is 0 Å². The van der Waals surface area contributed by atoms with Crippen molar-refractivity contribution in [3.8, 4) is 5.75 Å².